The molecule has 3 aromatic heterocycles. The van der Waals surface area contributed by atoms with Crippen LogP contribution in [0.25, 0.3) is 32.6 Å². The Morgan fingerprint density at radius 1 is 0.886 bits per heavy atom. The molecule has 0 fully saturated rings. The molecule has 9 heteroatoms. The SMILES string of the molecule is O=C(O)Cc1ccc(-c2csc3c(-c4ccc(NC(=O)Nc5cccnc5)cc4)ncnc23)cc1. The number of rotatable bonds is 6. The van der Waals surface area contributed by atoms with Gasteiger partial charge in [0.15, 0.2) is 0 Å². The van der Waals surface area contributed by atoms with Gasteiger partial charge in [0.2, 0.25) is 0 Å². The third kappa shape index (κ3) is 4.99. The molecule has 0 radical (unpaired) electrons. The van der Waals surface area contributed by atoms with Gasteiger partial charge >= 0.3 is 12.0 Å². The minimum Gasteiger partial charge on any atom is -0.481 e. The second-order valence-electron chi connectivity index (χ2n) is 7.71. The van der Waals surface area contributed by atoms with Gasteiger partial charge in [0.25, 0.3) is 0 Å². The third-order valence-electron chi connectivity index (χ3n) is 5.31. The summed E-state index contributed by atoms with van der Waals surface area (Å²) in [6.07, 6.45) is 4.75. The number of fused-ring (bicyclic) bond motifs is 1. The lowest BCUT2D eigenvalue weighted by molar-refractivity contribution is -0.136. The molecule has 172 valence electrons. The van der Waals surface area contributed by atoms with Crippen LogP contribution in [-0.4, -0.2) is 32.1 Å². The Morgan fingerprint density at radius 3 is 2.34 bits per heavy atom. The van der Waals surface area contributed by atoms with Crippen LogP contribution in [-0.2, 0) is 11.2 Å². The summed E-state index contributed by atoms with van der Waals surface area (Å²) in [7, 11) is 0. The molecule has 3 N–H and O–H groups in total. The highest BCUT2D eigenvalue weighted by Crippen LogP contribution is 2.37. The first-order chi connectivity index (χ1) is 17.1. The Hall–Kier alpha value is -4.63. The molecule has 35 heavy (non-hydrogen) atoms. The van der Waals surface area contributed by atoms with Crippen molar-refractivity contribution in [3.05, 3.63) is 90.3 Å². The first-order valence-electron chi connectivity index (χ1n) is 10.7. The van der Waals surface area contributed by atoms with Crippen LogP contribution < -0.4 is 10.6 Å². The number of hydrogen-bond donors (Lipinski definition) is 3. The predicted molar refractivity (Wildman–Crippen MR) is 137 cm³/mol. The number of hydrogen-bond acceptors (Lipinski definition) is 6. The predicted octanol–water partition coefficient (Wildman–Crippen LogP) is 5.69. The lowest BCUT2D eigenvalue weighted by atomic mass is 10.0. The molecule has 0 spiro atoms. The lowest BCUT2D eigenvalue weighted by Gasteiger charge is -2.08. The molecular formula is C26H19N5O3S. The maximum Gasteiger partial charge on any atom is 0.323 e. The van der Waals surface area contributed by atoms with Crippen LogP contribution in [0.1, 0.15) is 5.56 Å². The molecular weight excluding hydrogens is 462 g/mol. The molecule has 5 aromatic rings. The first-order valence-corrected chi connectivity index (χ1v) is 11.6. The van der Waals surface area contributed by atoms with Gasteiger partial charge < -0.3 is 15.7 Å². The van der Waals surface area contributed by atoms with Gasteiger partial charge in [-0.25, -0.2) is 14.8 Å². The van der Waals surface area contributed by atoms with Crippen molar-refractivity contribution < 1.29 is 14.7 Å². The second kappa shape index (κ2) is 9.70. The van der Waals surface area contributed by atoms with E-state index in [1.165, 1.54) is 0 Å². The van der Waals surface area contributed by atoms with E-state index >= 15 is 0 Å². The number of urea groups is 1. The summed E-state index contributed by atoms with van der Waals surface area (Å²) in [5.74, 6) is -0.855. The summed E-state index contributed by atoms with van der Waals surface area (Å²) < 4.78 is 0.951. The Bertz CT molecular complexity index is 1500. The number of benzene rings is 2. The number of thiophene rings is 1. The minimum absolute atomic E-state index is 0.00699. The monoisotopic (exact) mass is 481 g/mol. The number of anilines is 2. The average molecular weight is 482 g/mol. The van der Waals surface area contributed by atoms with E-state index in [0.29, 0.717) is 11.4 Å². The molecule has 0 bridgehead atoms. The molecule has 0 atom stereocenters. The first kappa shape index (κ1) is 22.2. The van der Waals surface area contributed by atoms with E-state index in [-0.39, 0.29) is 12.5 Å². The number of carboxylic acids is 1. The minimum atomic E-state index is -0.855. The van der Waals surface area contributed by atoms with Crippen LogP contribution in [0.15, 0.2) is 84.8 Å². The summed E-state index contributed by atoms with van der Waals surface area (Å²) >= 11 is 1.56. The fourth-order valence-corrected chi connectivity index (χ4v) is 4.72. The molecule has 5 rings (SSSR count). The van der Waals surface area contributed by atoms with Crippen molar-refractivity contribution in [2.24, 2.45) is 0 Å². The van der Waals surface area contributed by atoms with Crippen LogP contribution in [0.5, 0.6) is 0 Å². The lowest BCUT2D eigenvalue weighted by Crippen LogP contribution is -2.19. The van der Waals surface area contributed by atoms with E-state index in [2.05, 4.69) is 25.6 Å². The van der Waals surface area contributed by atoms with Crippen LogP contribution in [0, 0.1) is 0 Å². The highest BCUT2D eigenvalue weighted by atomic mass is 32.1. The maximum atomic E-state index is 12.2. The van der Waals surface area contributed by atoms with Crippen molar-refractivity contribution in [2.45, 2.75) is 6.42 Å². The van der Waals surface area contributed by atoms with E-state index < -0.39 is 5.97 Å². The second-order valence-corrected chi connectivity index (χ2v) is 8.59. The van der Waals surface area contributed by atoms with Crippen molar-refractivity contribution in [1.29, 1.82) is 0 Å². The number of carbonyl (C=O) groups excluding carboxylic acids is 1. The molecule has 2 amide bonds. The van der Waals surface area contributed by atoms with Crippen LogP contribution in [0.4, 0.5) is 16.2 Å². The van der Waals surface area contributed by atoms with E-state index in [0.717, 1.165) is 38.2 Å². The summed E-state index contributed by atoms with van der Waals surface area (Å²) in [5.41, 5.74) is 6.49. The van der Waals surface area contributed by atoms with Crippen molar-refractivity contribution in [3.8, 4) is 22.4 Å². The zero-order valence-electron chi connectivity index (χ0n) is 18.3. The number of aliphatic carboxylic acids is 1. The number of nitrogens with zero attached hydrogens (tertiary/aromatic N) is 3. The summed E-state index contributed by atoms with van der Waals surface area (Å²) in [4.78, 5) is 36.1. The third-order valence-corrected chi connectivity index (χ3v) is 6.29. The summed E-state index contributed by atoms with van der Waals surface area (Å²) in [6, 6.07) is 18.1. The summed E-state index contributed by atoms with van der Waals surface area (Å²) in [6.45, 7) is 0. The van der Waals surface area contributed by atoms with Gasteiger partial charge in [0, 0.05) is 28.4 Å². The Labute approximate surface area is 204 Å². The van der Waals surface area contributed by atoms with Crippen molar-refractivity contribution in [1.82, 2.24) is 15.0 Å². The Kier molecular flexibility index (Phi) is 6.15. The average Bonchev–Trinajstić information content (AvgIpc) is 3.30. The van der Waals surface area contributed by atoms with Crippen LogP contribution in [0.2, 0.25) is 0 Å². The Balaban J connectivity index is 1.36. The number of carboxylic acid groups (broad SMARTS) is 1. The highest BCUT2D eigenvalue weighted by molar-refractivity contribution is 7.18. The molecule has 0 aliphatic rings. The zero-order chi connectivity index (χ0) is 24.2. The van der Waals surface area contributed by atoms with Crippen molar-refractivity contribution in [2.75, 3.05) is 10.6 Å². The van der Waals surface area contributed by atoms with E-state index in [9.17, 15) is 9.59 Å². The quantitative estimate of drug-likeness (QED) is 0.287. The number of amides is 2. The van der Waals surface area contributed by atoms with Crippen LogP contribution in [0.3, 0.4) is 0 Å². The Morgan fingerprint density at radius 2 is 1.63 bits per heavy atom. The normalized spacial score (nSPS) is 10.7. The van der Waals surface area contributed by atoms with Gasteiger partial charge in [-0.15, -0.1) is 11.3 Å². The number of pyridine rings is 1. The van der Waals surface area contributed by atoms with E-state index in [1.807, 2.05) is 53.9 Å². The van der Waals surface area contributed by atoms with Crippen molar-refractivity contribution >= 4 is 44.9 Å². The molecule has 3 heterocycles. The van der Waals surface area contributed by atoms with Gasteiger partial charge in [-0.1, -0.05) is 36.4 Å². The topological polar surface area (TPSA) is 117 Å². The van der Waals surface area contributed by atoms with Crippen LogP contribution >= 0.6 is 11.3 Å². The molecule has 2 aromatic carbocycles. The van der Waals surface area contributed by atoms with Gasteiger partial charge in [-0.3, -0.25) is 9.78 Å². The zero-order valence-corrected chi connectivity index (χ0v) is 19.1. The molecule has 0 unspecified atom stereocenters. The molecule has 8 nitrogen and oxygen atoms in total. The van der Waals surface area contributed by atoms with E-state index in [1.54, 1.807) is 42.2 Å². The smallest absolute Gasteiger partial charge is 0.323 e. The molecule has 0 saturated heterocycles. The fraction of sp³-hybridized carbons (Fsp3) is 0.0385. The number of aromatic nitrogens is 3. The van der Waals surface area contributed by atoms with Crippen molar-refractivity contribution in [3.63, 3.8) is 0 Å². The maximum absolute atomic E-state index is 12.2. The summed E-state index contributed by atoms with van der Waals surface area (Å²) in [5, 5.41) is 16.5. The van der Waals surface area contributed by atoms with E-state index in [4.69, 9.17) is 5.11 Å². The molecule has 0 aliphatic heterocycles. The number of nitrogens with one attached hydrogen (secondary N) is 2. The fourth-order valence-electron chi connectivity index (χ4n) is 3.68. The number of carbonyl (C=O) groups is 2. The van der Waals surface area contributed by atoms with Gasteiger partial charge in [-0.05, 0) is 35.4 Å². The molecule has 0 saturated carbocycles. The van der Waals surface area contributed by atoms with Gasteiger partial charge in [-0.2, -0.15) is 0 Å². The standard InChI is InChI=1S/C26H19N5O3S/c32-22(33)12-16-3-5-17(6-4-16)21-14-35-25-23(28-15-29-24(21)25)18-7-9-19(10-8-18)30-26(34)31-20-2-1-11-27-13-20/h1-11,13-15H,12H2,(H,32,33)(H2,30,31,34). The van der Waals surface area contributed by atoms with Gasteiger partial charge in [0.05, 0.1) is 34.2 Å². The van der Waals surface area contributed by atoms with Gasteiger partial charge in [0.1, 0.15) is 6.33 Å². The molecule has 0 aliphatic carbocycles. The highest BCUT2D eigenvalue weighted by Gasteiger charge is 2.14. The largest absolute Gasteiger partial charge is 0.481 e.